The number of carbonyl (C=O) groups excluding carboxylic acids is 2. The molecule has 0 aliphatic rings. The Morgan fingerprint density at radius 1 is 0.963 bits per heavy atom. The Bertz CT molecular complexity index is 897. The van der Waals surface area contributed by atoms with E-state index in [0.717, 1.165) is 11.4 Å². The van der Waals surface area contributed by atoms with Gasteiger partial charge in [-0.25, -0.2) is 4.79 Å². The maximum Gasteiger partial charge on any atom is 0.419 e. The molecule has 0 bridgehead atoms. The number of aromatic nitrogens is 1. The molecule has 0 unspecified atom stereocenters. The van der Waals surface area contributed by atoms with E-state index in [1.165, 1.54) is 4.90 Å². The molecule has 2 amide bonds. The zero-order chi connectivity index (χ0) is 19.1. The molecule has 6 nitrogen and oxygen atoms in total. The van der Waals surface area contributed by atoms with Crippen LogP contribution in [0.3, 0.4) is 0 Å². The Kier molecular flexibility index (Phi) is 5.79. The second-order valence-electron chi connectivity index (χ2n) is 5.79. The topological polar surface area (TPSA) is 71.5 Å². The van der Waals surface area contributed by atoms with Crippen molar-refractivity contribution in [2.45, 2.75) is 6.54 Å². The van der Waals surface area contributed by atoms with Gasteiger partial charge in [0.05, 0.1) is 12.2 Å². The summed E-state index contributed by atoms with van der Waals surface area (Å²) >= 11 is 0. The standard InChI is InChI=1S/C21H19N3O3/c1-24(18-8-3-2-4-9-18)21(26)27-19-12-10-16(11-13-19)20(25)23-15-17-7-5-6-14-22-17/h2-14H,15H2,1H3,(H,23,25). The zero-order valence-electron chi connectivity index (χ0n) is 14.8. The van der Waals surface area contributed by atoms with Gasteiger partial charge in [-0.05, 0) is 48.5 Å². The maximum absolute atomic E-state index is 12.2. The number of amides is 2. The average Bonchev–Trinajstić information content (AvgIpc) is 2.73. The number of rotatable bonds is 5. The van der Waals surface area contributed by atoms with Crippen LogP contribution < -0.4 is 15.0 Å². The van der Waals surface area contributed by atoms with Gasteiger partial charge in [-0.3, -0.25) is 14.7 Å². The molecule has 0 radical (unpaired) electrons. The summed E-state index contributed by atoms with van der Waals surface area (Å²) < 4.78 is 5.34. The van der Waals surface area contributed by atoms with E-state index < -0.39 is 6.09 Å². The second kappa shape index (κ2) is 8.62. The predicted molar refractivity (Wildman–Crippen MR) is 103 cm³/mol. The minimum Gasteiger partial charge on any atom is -0.410 e. The average molecular weight is 361 g/mol. The molecule has 0 saturated heterocycles. The van der Waals surface area contributed by atoms with Gasteiger partial charge in [0.25, 0.3) is 5.91 Å². The van der Waals surface area contributed by atoms with Gasteiger partial charge < -0.3 is 10.1 Å². The molecule has 0 saturated carbocycles. The fraction of sp³-hybridized carbons (Fsp3) is 0.0952. The van der Waals surface area contributed by atoms with Gasteiger partial charge in [0, 0.05) is 24.5 Å². The van der Waals surface area contributed by atoms with Crippen LogP contribution in [0, 0.1) is 0 Å². The quantitative estimate of drug-likeness (QED) is 0.753. The molecule has 3 aromatic rings. The number of nitrogens with zero attached hydrogens (tertiary/aromatic N) is 2. The summed E-state index contributed by atoms with van der Waals surface area (Å²) in [5.74, 6) is 0.143. The maximum atomic E-state index is 12.2. The van der Waals surface area contributed by atoms with Crippen molar-refractivity contribution < 1.29 is 14.3 Å². The molecule has 0 fully saturated rings. The highest BCUT2D eigenvalue weighted by Crippen LogP contribution is 2.16. The van der Waals surface area contributed by atoms with Crippen molar-refractivity contribution in [2.24, 2.45) is 0 Å². The minimum atomic E-state index is -0.506. The molecule has 3 rings (SSSR count). The van der Waals surface area contributed by atoms with Gasteiger partial charge in [0.2, 0.25) is 0 Å². The number of carbonyl (C=O) groups is 2. The first-order valence-electron chi connectivity index (χ1n) is 8.42. The smallest absolute Gasteiger partial charge is 0.410 e. The Morgan fingerprint density at radius 2 is 1.67 bits per heavy atom. The van der Waals surface area contributed by atoms with Gasteiger partial charge in [0.1, 0.15) is 5.75 Å². The number of anilines is 1. The molecule has 0 atom stereocenters. The lowest BCUT2D eigenvalue weighted by Crippen LogP contribution is -2.29. The van der Waals surface area contributed by atoms with E-state index in [9.17, 15) is 9.59 Å². The summed E-state index contributed by atoms with van der Waals surface area (Å²) in [6, 6.07) is 21.1. The van der Waals surface area contributed by atoms with Gasteiger partial charge in [0.15, 0.2) is 0 Å². The van der Waals surface area contributed by atoms with Gasteiger partial charge in [-0.15, -0.1) is 0 Å². The largest absolute Gasteiger partial charge is 0.419 e. The summed E-state index contributed by atoms with van der Waals surface area (Å²) in [6.07, 6.45) is 1.17. The normalized spacial score (nSPS) is 10.1. The van der Waals surface area contributed by atoms with Crippen molar-refractivity contribution in [2.75, 3.05) is 11.9 Å². The third-order valence-corrected chi connectivity index (χ3v) is 3.90. The molecule has 0 aliphatic carbocycles. The van der Waals surface area contributed by atoms with Crippen molar-refractivity contribution in [1.29, 1.82) is 0 Å². The fourth-order valence-corrected chi connectivity index (χ4v) is 2.38. The number of hydrogen-bond acceptors (Lipinski definition) is 4. The van der Waals surface area contributed by atoms with Gasteiger partial charge in [-0.2, -0.15) is 0 Å². The van der Waals surface area contributed by atoms with Crippen LogP contribution >= 0.6 is 0 Å². The summed E-state index contributed by atoms with van der Waals surface area (Å²) in [5, 5.41) is 2.80. The highest BCUT2D eigenvalue weighted by molar-refractivity contribution is 5.94. The molecule has 0 aliphatic heterocycles. The Hall–Kier alpha value is -3.67. The van der Waals surface area contributed by atoms with Crippen molar-refractivity contribution in [3.05, 3.63) is 90.3 Å². The Labute approximate surface area is 157 Å². The monoisotopic (exact) mass is 361 g/mol. The number of pyridine rings is 1. The molecular formula is C21H19N3O3. The van der Waals surface area contributed by atoms with Crippen LogP contribution in [0.4, 0.5) is 10.5 Å². The lowest BCUT2D eigenvalue weighted by atomic mass is 10.2. The Balaban J connectivity index is 1.56. The molecule has 27 heavy (non-hydrogen) atoms. The predicted octanol–water partition coefficient (Wildman–Crippen LogP) is 3.65. The molecule has 1 N–H and O–H groups in total. The lowest BCUT2D eigenvalue weighted by molar-refractivity contribution is 0.0950. The van der Waals surface area contributed by atoms with E-state index in [1.54, 1.807) is 37.5 Å². The van der Waals surface area contributed by atoms with Crippen LogP contribution in [-0.2, 0) is 6.54 Å². The Morgan fingerprint density at radius 3 is 2.33 bits per heavy atom. The molecule has 6 heteroatoms. The number of ether oxygens (including phenoxy) is 1. The molecule has 0 spiro atoms. The van der Waals surface area contributed by atoms with Crippen LogP contribution in [0.5, 0.6) is 5.75 Å². The van der Waals surface area contributed by atoms with Gasteiger partial charge in [-0.1, -0.05) is 24.3 Å². The van der Waals surface area contributed by atoms with Crippen LogP contribution in [0.15, 0.2) is 79.0 Å². The van der Waals surface area contributed by atoms with Crippen LogP contribution in [0.2, 0.25) is 0 Å². The number of hydrogen-bond donors (Lipinski definition) is 1. The number of para-hydroxylation sites is 1. The second-order valence-corrected chi connectivity index (χ2v) is 5.79. The van der Waals surface area contributed by atoms with Crippen LogP contribution in [0.1, 0.15) is 16.1 Å². The molecule has 1 heterocycles. The van der Waals surface area contributed by atoms with E-state index in [1.807, 2.05) is 48.5 Å². The molecule has 136 valence electrons. The fourth-order valence-electron chi connectivity index (χ4n) is 2.38. The van der Waals surface area contributed by atoms with E-state index >= 15 is 0 Å². The SMILES string of the molecule is CN(C(=O)Oc1ccc(C(=O)NCc2ccccn2)cc1)c1ccccc1. The first-order chi connectivity index (χ1) is 13.1. The lowest BCUT2D eigenvalue weighted by Gasteiger charge is -2.16. The van der Waals surface area contributed by atoms with Crippen LogP contribution in [-0.4, -0.2) is 24.0 Å². The van der Waals surface area contributed by atoms with Crippen molar-refractivity contribution in [3.63, 3.8) is 0 Å². The third-order valence-electron chi connectivity index (χ3n) is 3.90. The van der Waals surface area contributed by atoms with Crippen molar-refractivity contribution in [3.8, 4) is 5.75 Å². The number of benzene rings is 2. The summed E-state index contributed by atoms with van der Waals surface area (Å²) in [6.45, 7) is 0.346. The molecule has 2 aromatic carbocycles. The first-order valence-corrected chi connectivity index (χ1v) is 8.42. The summed E-state index contributed by atoms with van der Waals surface area (Å²) in [4.78, 5) is 30.0. The molecule has 1 aromatic heterocycles. The number of nitrogens with one attached hydrogen (secondary N) is 1. The first kappa shape index (κ1) is 18.1. The van der Waals surface area contributed by atoms with E-state index in [-0.39, 0.29) is 5.91 Å². The highest BCUT2D eigenvalue weighted by atomic mass is 16.6. The van der Waals surface area contributed by atoms with Crippen LogP contribution in [0.25, 0.3) is 0 Å². The highest BCUT2D eigenvalue weighted by Gasteiger charge is 2.13. The summed E-state index contributed by atoms with van der Waals surface area (Å²) in [5.41, 5.74) is 1.98. The summed E-state index contributed by atoms with van der Waals surface area (Å²) in [7, 11) is 1.64. The third kappa shape index (κ3) is 4.92. The van der Waals surface area contributed by atoms with Gasteiger partial charge >= 0.3 is 6.09 Å². The minimum absolute atomic E-state index is 0.222. The van der Waals surface area contributed by atoms with E-state index in [2.05, 4.69) is 10.3 Å². The zero-order valence-corrected chi connectivity index (χ0v) is 14.8. The van der Waals surface area contributed by atoms with E-state index in [0.29, 0.717) is 17.9 Å². The van der Waals surface area contributed by atoms with Crippen molar-refractivity contribution in [1.82, 2.24) is 10.3 Å². The molecular weight excluding hydrogens is 342 g/mol. The van der Waals surface area contributed by atoms with E-state index in [4.69, 9.17) is 4.74 Å². The van der Waals surface area contributed by atoms with Crippen molar-refractivity contribution >= 4 is 17.7 Å².